The molecule has 0 unspecified atom stereocenters. The number of halogens is 1. The number of carbonyl (C=O) groups is 1. The molecule has 1 amide bonds. The van der Waals surface area contributed by atoms with Gasteiger partial charge in [-0.1, -0.05) is 23.7 Å². The van der Waals surface area contributed by atoms with Gasteiger partial charge in [-0.2, -0.15) is 11.3 Å². The number of hydrogen-bond acceptors (Lipinski definition) is 6. The number of amides is 1. The van der Waals surface area contributed by atoms with Crippen LogP contribution in [0.5, 0.6) is 0 Å². The molecule has 0 atom stereocenters. The smallest absolute Gasteiger partial charge is 0.275 e. The van der Waals surface area contributed by atoms with E-state index in [1.54, 1.807) is 25.4 Å². The van der Waals surface area contributed by atoms with Gasteiger partial charge in [0.2, 0.25) is 0 Å². The number of thiophene rings is 2. The molecular formula is C19H15ClN4OS2. The molecule has 4 rings (SSSR count). The van der Waals surface area contributed by atoms with E-state index < -0.39 is 0 Å². The lowest BCUT2D eigenvalue weighted by Crippen LogP contribution is -2.23. The van der Waals surface area contributed by atoms with Crippen LogP contribution >= 0.6 is 34.3 Å². The van der Waals surface area contributed by atoms with Crippen LogP contribution < -0.4 is 5.32 Å². The summed E-state index contributed by atoms with van der Waals surface area (Å²) in [6, 6.07) is 11.7. The molecule has 27 heavy (non-hydrogen) atoms. The topological polar surface area (TPSA) is 58.1 Å². The highest BCUT2D eigenvalue weighted by Crippen LogP contribution is 2.39. The first-order chi connectivity index (χ1) is 13.0. The first-order valence-electron chi connectivity index (χ1n) is 8.10. The number of rotatable bonds is 4. The molecule has 3 heterocycles. The van der Waals surface area contributed by atoms with Crippen LogP contribution in [-0.2, 0) is 0 Å². The molecule has 3 aromatic heterocycles. The Morgan fingerprint density at radius 3 is 2.74 bits per heavy atom. The Kier molecular flexibility index (Phi) is 4.82. The quantitative estimate of drug-likeness (QED) is 0.477. The summed E-state index contributed by atoms with van der Waals surface area (Å²) in [6.07, 6.45) is 0. The van der Waals surface area contributed by atoms with E-state index in [1.165, 1.54) is 16.2 Å². The molecule has 0 radical (unpaired) electrons. The average Bonchev–Trinajstić information content (AvgIpc) is 3.31. The van der Waals surface area contributed by atoms with Gasteiger partial charge in [-0.05, 0) is 35.2 Å². The Hall–Kier alpha value is -2.48. The minimum Gasteiger partial charge on any atom is -0.343 e. The van der Waals surface area contributed by atoms with Gasteiger partial charge in [0.1, 0.15) is 0 Å². The van der Waals surface area contributed by atoms with Gasteiger partial charge in [-0.15, -0.1) is 21.5 Å². The van der Waals surface area contributed by atoms with E-state index in [-0.39, 0.29) is 5.91 Å². The fourth-order valence-corrected chi connectivity index (χ4v) is 4.55. The fraction of sp³-hybridized carbons (Fsp3) is 0.105. The molecule has 136 valence electrons. The third-order valence-electron chi connectivity index (χ3n) is 3.95. The predicted octanol–water partition coefficient (Wildman–Crippen LogP) is 5.52. The molecule has 0 aliphatic carbocycles. The van der Waals surface area contributed by atoms with Gasteiger partial charge in [0.05, 0.1) is 10.4 Å². The molecule has 0 spiro atoms. The zero-order valence-electron chi connectivity index (χ0n) is 14.6. The molecule has 1 aromatic carbocycles. The van der Waals surface area contributed by atoms with E-state index in [2.05, 4.69) is 15.5 Å². The Balaban J connectivity index is 1.90. The number of benzene rings is 1. The van der Waals surface area contributed by atoms with Crippen LogP contribution in [0.2, 0.25) is 5.02 Å². The van der Waals surface area contributed by atoms with Gasteiger partial charge < -0.3 is 10.2 Å². The van der Waals surface area contributed by atoms with Gasteiger partial charge in [-0.3, -0.25) is 4.79 Å². The fourth-order valence-electron chi connectivity index (χ4n) is 2.64. The zero-order valence-corrected chi connectivity index (χ0v) is 17.0. The van der Waals surface area contributed by atoms with Crippen molar-refractivity contribution < 1.29 is 4.79 Å². The summed E-state index contributed by atoms with van der Waals surface area (Å²) in [7, 11) is 3.41. The van der Waals surface area contributed by atoms with Crippen LogP contribution in [0, 0.1) is 0 Å². The SMILES string of the molecule is CN(C)C(=O)c1nnc(Nc2ccsc2)c2cc(-c3cccc(Cl)c3)sc12. The maximum atomic E-state index is 12.6. The maximum absolute atomic E-state index is 12.6. The Labute approximate surface area is 169 Å². The Morgan fingerprint density at radius 1 is 1.19 bits per heavy atom. The van der Waals surface area contributed by atoms with E-state index in [1.807, 2.05) is 47.2 Å². The monoisotopic (exact) mass is 414 g/mol. The van der Waals surface area contributed by atoms with Crippen LogP contribution in [0.15, 0.2) is 47.2 Å². The highest BCUT2D eigenvalue weighted by atomic mass is 35.5. The van der Waals surface area contributed by atoms with Gasteiger partial charge in [0.25, 0.3) is 5.91 Å². The van der Waals surface area contributed by atoms with E-state index in [0.29, 0.717) is 16.5 Å². The minimum atomic E-state index is -0.172. The van der Waals surface area contributed by atoms with Crippen molar-refractivity contribution in [3.8, 4) is 10.4 Å². The van der Waals surface area contributed by atoms with Crippen LogP contribution in [0.25, 0.3) is 20.5 Å². The molecule has 0 aliphatic heterocycles. The molecule has 0 saturated carbocycles. The summed E-state index contributed by atoms with van der Waals surface area (Å²) in [5.41, 5.74) is 2.29. The molecule has 0 fully saturated rings. The number of fused-ring (bicyclic) bond motifs is 1. The van der Waals surface area contributed by atoms with E-state index >= 15 is 0 Å². The standard InChI is InChI=1S/C19H15ClN4OS2/c1-24(2)19(25)16-17-14(18(23-22-16)21-13-6-7-26-10-13)9-15(27-17)11-4-3-5-12(20)8-11/h3-10H,1-2H3,(H,21,23). The Morgan fingerprint density at radius 2 is 2.04 bits per heavy atom. The third kappa shape index (κ3) is 3.53. The van der Waals surface area contributed by atoms with Crippen LogP contribution in [-0.4, -0.2) is 35.1 Å². The van der Waals surface area contributed by atoms with Gasteiger partial charge in [0.15, 0.2) is 11.5 Å². The van der Waals surface area contributed by atoms with Crippen molar-refractivity contribution in [2.24, 2.45) is 0 Å². The first-order valence-corrected chi connectivity index (χ1v) is 10.2. The molecule has 0 aliphatic rings. The summed E-state index contributed by atoms with van der Waals surface area (Å²) in [5.74, 6) is 0.456. The second-order valence-corrected chi connectivity index (χ2v) is 8.37. The number of hydrogen-bond donors (Lipinski definition) is 1. The lowest BCUT2D eigenvalue weighted by Gasteiger charge is -2.11. The highest BCUT2D eigenvalue weighted by Gasteiger charge is 2.20. The Bertz CT molecular complexity index is 1120. The minimum absolute atomic E-state index is 0.172. The summed E-state index contributed by atoms with van der Waals surface area (Å²) in [4.78, 5) is 15.1. The molecule has 1 N–H and O–H groups in total. The van der Waals surface area contributed by atoms with Crippen molar-refractivity contribution in [1.29, 1.82) is 0 Å². The highest BCUT2D eigenvalue weighted by molar-refractivity contribution is 7.22. The number of aromatic nitrogens is 2. The largest absolute Gasteiger partial charge is 0.343 e. The first kappa shape index (κ1) is 17.9. The maximum Gasteiger partial charge on any atom is 0.275 e. The predicted molar refractivity (Wildman–Crippen MR) is 113 cm³/mol. The van der Waals surface area contributed by atoms with Crippen molar-refractivity contribution in [3.63, 3.8) is 0 Å². The normalized spacial score (nSPS) is 10.9. The van der Waals surface area contributed by atoms with Crippen molar-refractivity contribution in [2.75, 3.05) is 19.4 Å². The number of nitrogens with zero attached hydrogens (tertiary/aromatic N) is 3. The van der Waals surface area contributed by atoms with Gasteiger partial charge >= 0.3 is 0 Å². The lowest BCUT2D eigenvalue weighted by molar-refractivity contribution is 0.0823. The van der Waals surface area contributed by atoms with Crippen molar-refractivity contribution in [2.45, 2.75) is 0 Å². The number of anilines is 2. The van der Waals surface area contributed by atoms with Crippen LogP contribution in [0.3, 0.4) is 0 Å². The third-order valence-corrected chi connectivity index (χ3v) is 6.06. The van der Waals surface area contributed by atoms with Crippen LogP contribution in [0.1, 0.15) is 10.5 Å². The molecule has 8 heteroatoms. The summed E-state index contributed by atoms with van der Waals surface area (Å²) in [6.45, 7) is 0. The summed E-state index contributed by atoms with van der Waals surface area (Å²) < 4.78 is 0.802. The van der Waals surface area contributed by atoms with E-state index in [4.69, 9.17) is 11.6 Å². The number of nitrogens with one attached hydrogen (secondary N) is 1. The molecular weight excluding hydrogens is 400 g/mol. The molecule has 0 bridgehead atoms. The van der Waals surface area contributed by atoms with Crippen molar-refractivity contribution >= 4 is 61.8 Å². The second kappa shape index (κ2) is 7.26. The summed E-state index contributed by atoms with van der Waals surface area (Å²) in [5, 5.41) is 17.3. The number of carbonyl (C=O) groups excluding carboxylic acids is 1. The van der Waals surface area contributed by atoms with E-state index in [0.717, 1.165) is 26.2 Å². The summed E-state index contributed by atoms with van der Waals surface area (Å²) >= 11 is 9.26. The molecule has 0 saturated heterocycles. The average molecular weight is 415 g/mol. The zero-order chi connectivity index (χ0) is 19.0. The van der Waals surface area contributed by atoms with Crippen molar-refractivity contribution in [3.05, 3.63) is 57.9 Å². The van der Waals surface area contributed by atoms with Gasteiger partial charge in [0, 0.05) is 34.8 Å². The van der Waals surface area contributed by atoms with Gasteiger partial charge in [-0.25, -0.2) is 0 Å². The van der Waals surface area contributed by atoms with Crippen molar-refractivity contribution in [1.82, 2.24) is 15.1 Å². The van der Waals surface area contributed by atoms with Crippen LogP contribution in [0.4, 0.5) is 11.5 Å². The molecule has 4 aromatic rings. The second-order valence-electron chi connectivity index (χ2n) is 6.10. The molecule has 5 nitrogen and oxygen atoms in total. The lowest BCUT2D eigenvalue weighted by atomic mass is 10.1. The van der Waals surface area contributed by atoms with E-state index in [9.17, 15) is 4.79 Å².